The highest BCUT2D eigenvalue weighted by molar-refractivity contribution is 5.00. The van der Waals surface area contributed by atoms with Crippen LogP contribution in [0.3, 0.4) is 0 Å². The number of likely N-dealkylation sites (tertiary alicyclic amines) is 1. The molecule has 4 bridgehead atoms. The third-order valence-electron chi connectivity index (χ3n) is 6.92. The second-order valence-electron chi connectivity index (χ2n) is 7.78. The number of hydrogen-bond acceptors (Lipinski definition) is 1. The van der Waals surface area contributed by atoms with Gasteiger partial charge in [0, 0.05) is 0 Å². The molecule has 1 nitrogen and oxygen atoms in total. The van der Waals surface area contributed by atoms with Crippen molar-refractivity contribution >= 4 is 0 Å². The highest BCUT2D eigenvalue weighted by atomic mass is 15.1. The first-order valence-electron chi connectivity index (χ1n) is 8.55. The van der Waals surface area contributed by atoms with Crippen LogP contribution in [0.1, 0.15) is 51.9 Å². The maximum atomic E-state index is 2.66. The van der Waals surface area contributed by atoms with Crippen molar-refractivity contribution in [2.24, 2.45) is 35.5 Å². The quantitative estimate of drug-likeness (QED) is 0.717. The Hall–Kier alpha value is -0.0400. The van der Waals surface area contributed by atoms with Crippen molar-refractivity contribution in [2.75, 3.05) is 19.6 Å². The van der Waals surface area contributed by atoms with Gasteiger partial charge in [0.1, 0.15) is 0 Å². The summed E-state index contributed by atoms with van der Waals surface area (Å²) in [4.78, 5) is 2.66. The monoisotopic (exact) mass is 247 g/mol. The maximum absolute atomic E-state index is 2.66. The van der Waals surface area contributed by atoms with Gasteiger partial charge in [0.25, 0.3) is 0 Å². The van der Waals surface area contributed by atoms with Crippen LogP contribution in [-0.2, 0) is 0 Å². The molecule has 0 aromatic heterocycles. The summed E-state index contributed by atoms with van der Waals surface area (Å²) in [6.45, 7) is 6.38. The number of hydrogen-bond donors (Lipinski definition) is 0. The lowest BCUT2D eigenvalue weighted by Gasteiger charge is -2.57. The van der Waals surface area contributed by atoms with E-state index >= 15 is 0 Å². The van der Waals surface area contributed by atoms with Gasteiger partial charge in [0.05, 0.1) is 0 Å². The van der Waals surface area contributed by atoms with E-state index in [1.54, 1.807) is 32.1 Å². The second-order valence-corrected chi connectivity index (χ2v) is 7.78. The van der Waals surface area contributed by atoms with Gasteiger partial charge in [-0.2, -0.15) is 0 Å². The Labute approximate surface area is 112 Å². The van der Waals surface area contributed by atoms with Gasteiger partial charge < -0.3 is 4.90 Å². The van der Waals surface area contributed by atoms with E-state index in [-0.39, 0.29) is 0 Å². The lowest BCUT2D eigenvalue weighted by atomic mass is 9.49. The first-order chi connectivity index (χ1) is 8.83. The molecule has 1 heteroatoms. The Morgan fingerprint density at radius 2 is 1.33 bits per heavy atom. The zero-order chi connectivity index (χ0) is 12.1. The predicted octanol–water partition coefficient (Wildman–Crippen LogP) is 3.79. The van der Waals surface area contributed by atoms with Gasteiger partial charge >= 0.3 is 0 Å². The van der Waals surface area contributed by atoms with Crippen molar-refractivity contribution in [3.8, 4) is 0 Å². The first kappa shape index (κ1) is 11.8. The lowest BCUT2D eigenvalue weighted by Crippen LogP contribution is -2.49. The molecular weight excluding hydrogens is 218 g/mol. The van der Waals surface area contributed by atoms with E-state index in [9.17, 15) is 0 Å². The largest absolute Gasteiger partial charge is 0.304 e. The molecule has 5 fully saturated rings. The average Bonchev–Trinajstić information content (AvgIpc) is 2.38. The van der Waals surface area contributed by atoms with Gasteiger partial charge in [-0.15, -0.1) is 0 Å². The van der Waals surface area contributed by atoms with E-state index in [4.69, 9.17) is 0 Å². The minimum atomic E-state index is 1.10. The minimum Gasteiger partial charge on any atom is -0.304 e. The Kier molecular flexibility index (Phi) is 2.94. The zero-order valence-electron chi connectivity index (χ0n) is 12.0. The Balaban J connectivity index is 1.46. The van der Waals surface area contributed by atoms with Crippen LogP contribution in [0.15, 0.2) is 0 Å². The van der Waals surface area contributed by atoms with Crippen molar-refractivity contribution in [3.63, 3.8) is 0 Å². The smallest absolute Gasteiger partial charge is 0.00161 e. The third kappa shape index (κ3) is 1.85. The Morgan fingerprint density at radius 3 is 1.83 bits per heavy atom. The third-order valence-corrected chi connectivity index (χ3v) is 6.92. The molecule has 18 heavy (non-hydrogen) atoms. The molecule has 0 spiro atoms. The van der Waals surface area contributed by atoms with Gasteiger partial charge in [-0.25, -0.2) is 0 Å². The SMILES string of the molecule is CCN1CCC(C2C3CC4CC(C3)CC2C4)CC1. The maximum Gasteiger partial charge on any atom is -0.00161 e. The number of rotatable bonds is 2. The molecule has 0 N–H and O–H groups in total. The van der Waals surface area contributed by atoms with E-state index in [0.29, 0.717) is 0 Å². The van der Waals surface area contributed by atoms with E-state index in [1.165, 1.54) is 32.5 Å². The van der Waals surface area contributed by atoms with Crippen LogP contribution in [0.2, 0.25) is 0 Å². The van der Waals surface area contributed by atoms with Crippen LogP contribution < -0.4 is 0 Å². The summed E-state index contributed by atoms with van der Waals surface area (Å²) in [7, 11) is 0. The van der Waals surface area contributed by atoms with Gasteiger partial charge in [-0.3, -0.25) is 0 Å². The molecule has 0 unspecified atom stereocenters. The summed E-state index contributed by atoms with van der Waals surface area (Å²) in [5.74, 6) is 6.86. The van der Waals surface area contributed by atoms with E-state index < -0.39 is 0 Å². The fourth-order valence-corrected chi connectivity index (χ4v) is 6.39. The van der Waals surface area contributed by atoms with E-state index in [2.05, 4.69) is 11.8 Å². The van der Waals surface area contributed by atoms with Crippen molar-refractivity contribution < 1.29 is 0 Å². The first-order valence-corrected chi connectivity index (χ1v) is 8.55. The molecule has 5 aliphatic rings. The highest BCUT2D eigenvalue weighted by Gasteiger charge is 2.50. The molecule has 1 saturated heterocycles. The summed E-state index contributed by atoms with van der Waals surface area (Å²) in [6, 6.07) is 0. The average molecular weight is 247 g/mol. The van der Waals surface area contributed by atoms with Crippen LogP contribution in [0, 0.1) is 35.5 Å². The fraction of sp³-hybridized carbons (Fsp3) is 1.00. The fourth-order valence-electron chi connectivity index (χ4n) is 6.39. The van der Waals surface area contributed by atoms with Crippen molar-refractivity contribution in [3.05, 3.63) is 0 Å². The Bertz CT molecular complexity index is 275. The summed E-state index contributed by atoms with van der Waals surface area (Å²) in [5.41, 5.74) is 0. The van der Waals surface area contributed by atoms with Crippen molar-refractivity contribution in [1.29, 1.82) is 0 Å². The molecule has 4 saturated carbocycles. The number of nitrogens with zero attached hydrogens (tertiary/aromatic N) is 1. The predicted molar refractivity (Wildman–Crippen MR) is 75.4 cm³/mol. The summed E-state index contributed by atoms with van der Waals surface area (Å²) in [5, 5.41) is 0. The molecule has 102 valence electrons. The summed E-state index contributed by atoms with van der Waals surface area (Å²) < 4.78 is 0. The normalized spacial score (nSPS) is 48.8. The topological polar surface area (TPSA) is 3.24 Å². The summed E-state index contributed by atoms with van der Waals surface area (Å²) >= 11 is 0. The number of piperidine rings is 1. The zero-order valence-corrected chi connectivity index (χ0v) is 12.0. The molecule has 0 atom stereocenters. The van der Waals surface area contributed by atoms with Crippen LogP contribution in [0.4, 0.5) is 0 Å². The van der Waals surface area contributed by atoms with Crippen molar-refractivity contribution in [1.82, 2.24) is 4.90 Å². The Morgan fingerprint density at radius 1 is 0.778 bits per heavy atom. The van der Waals surface area contributed by atoms with Crippen LogP contribution in [0.25, 0.3) is 0 Å². The lowest BCUT2D eigenvalue weighted by molar-refractivity contribution is -0.0719. The van der Waals surface area contributed by atoms with Gasteiger partial charge in [-0.1, -0.05) is 6.92 Å². The minimum absolute atomic E-state index is 1.10. The van der Waals surface area contributed by atoms with Crippen LogP contribution >= 0.6 is 0 Å². The summed E-state index contributed by atoms with van der Waals surface area (Å²) in [6.07, 6.45) is 11.1. The molecule has 0 radical (unpaired) electrons. The van der Waals surface area contributed by atoms with Crippen molar-refractivity contribution in [2.45, 2.75) is 51.9 Å². The van der Waals surface area contributed by atoms with Gasteiger partial charge in [0.2, 0.25) is 0 Å². The molecule has 0 amide bonds. The van der Waals surface area contributed by atoms with Gasteiger partial charge in [0.15, 0.2) is 0 Å². The standard InChI is InChI=1S/C17H29N/c1-2-18-5-3-14(4-6-18)17-15-8-12-7-13(10-15)11-16(17)9-12/h12-17H,2-11H2,1H3. The van der Waals surface area contributed by atoms with E-state index in [0.717, 1.165) is 35.5 Å². The van der Waals surface area contributed by atoms with E-state index in [1.807, 2.05) is 0 Å². The molecule has 0 aromatic rings. The molecule has 0 aromatic carbocycles. The van der Waals surface area contributed by atoms with Crippen LogP contribution in [-0.4, -0.2) is 24.5 Å². The highest BCUT2D eigenvalue weighted by Crippen LogP contribution is 2.59. The molecule has 4 aliphatic carbocycles. The molecule has 5 rings (SSSR count). The van der Waals surface area contributed by atoms with Gasteiger partial charge in [-0.05, 0) is 100 Å². The second kappa shape index (κ2) is 4.51. The molecule has 1 aliphatic heterocycles. The molecule has 1 heterocycles. The van der Waals surface area contributed by atoms with Crippen LogP contribution in [0.5, 0.6) is 0 Å². The molecular formula is C17H29N.